The third kappa shape index (κ3) is 4.37. The Morgan fingerprint density at radius 1 is 1.39 bits per heavy atom. The second-order valence-electron chi connectivity index (χ2n) is 5.23. The Hall–Kier alpha value is -2.25. The van der Waals surface area contributed by atoms with Crippen LogP contribution >= 0.6 is 0 Å². The molecule has 1 aromatic heterocycles. The van der Waals surface area contributed by atoms with Crippen molar-refractivity contribution in [2.75, 3.05) is 13.7 Å². The maximum absolute atomic E-state index is 12.4. The Morgan fingerprint density at radius 2 is 2.09 bits per heavy atom. The van der Waals surface area contributed by atoms with Crippen molar-refractivity contribution in [3.63, 3.8) is 0 Å². The van der Waals surface area contributed by atoms with E-state index in [0.717, 1.165) is 5.56 Å². The lowest BCUT2D eigenvalue weighted by Gasteiger charge is -2.19. The highest BCUT2D eigenvalue weighted by molar-refractivity contribution is 5.82. The summed E-state index contributed by atoms with van der Waals surface area (Å²) < 4.78 is 10.6. The first kappa shape index (κ1) is 17.1. The van der Waals surface area contributed by atoms with Crippen LogP contribution in [0.15, 0.2) is 34.9 Å². The van der Waals surface area contributed by atoms with E-state index in [1.54, 1.807) is 7.05 Å². The molecule has 1 amide bonds. The number of carbonyl (C=O) groups is 1. The number of likely N-dealkylation sites (N-methyl/N-ethyl adjacent to an activating group) is 1. The molecule has 0 aliphatic heterocycles. The van der Waals surface area contributed by atoms with Crippen LogP contribution < -0.4 is 5.73 Å². The van der Waals surface area contributed by atoms with Gasteiger partial charge in [0.05, 0.1) is 6.54 Å². The summed E-state index contributed by atoms with van der Waals surface area (Å²) in [4.78, 5) is 18.1. The maximum atomic E-state index is 12.4. The van der Waals surface area contributed by atoms with E-state index in [0.29, 0.717) is 18.3 Å². The highest BCUT2D eigenvalue weighted by atomic mass is 16.5. The number of hydrogen-bond acceptors (Lipinski definition) is 6. The van der Waals surface area contributed by atoms with Crippen molar-refractivity contribution in [3.8, 4) is 0 Å². The van der Waals surface area contributed by atoms with Gasteiger partial charge in [-0.05, 0) is 19.4 Å². The molecule has 2 atom stereocenters. The zero-order valence-electron chi connectivity index (χ0n) is 13.6. The van der Waals surface area contributed by atoms with Crippen molar-refractivity contribution < 1.29 is 14.1 Å². The lowest BCUT2D eigenvalue weighted by molar-refractivity contribution is -0.132. The summed E-state index contributed by atoms with van der Waals surface area (Å²) in [7, 11) is 1.65. The standard InChI is InChI=1S/C16H22N4O3/c1-4-22-11(2)15-18-13(23-19-15)10-20(3)16(21)14(17)12-8-6-5-7-9-12/h5-9,11,14H,4,10,17H2,1-3H3. The van der Waals surface area contributed by atoms with Gasteiger partial charge in [0, 0.05) is 13.7 Å². The van der Waals surface area contributed by atoms with Crippen LogP contribution in [0.5, 0.6) is 0 Å². The Morgan fingerprint density at radius 3 is 2.74 bits per heavy atom. The van der Waals surface area contributed by atoms with E-state index in [9.17, 15) is 4.79 Å². The Balaban J connectivity index is 1.98. The molecule has 0 saturated heterocycles. The summed E-state index contributed by atoms with van der Waals surface area (Å²) in [6, 6.07) is 8.51. The largest absolute Gasteiger partial charge is 0.371 e. The van der Waals surface area contributed by atoms with Crippen LogP contribution in [0.3, 0.4) is 0 Å². The number of hydrogen-bond donors (Lipinski definition) is 1. The molecule has 0 radical (unpaired) electrons. The molecular weight excluding hydrogens is 296 g/mol. The molecule has 124 valence electrons. The van der Waals surface area contributed by atoms with Gasteiger partial charge < -0.3 is 19.9 Å². The molecule has 2 rings (SSSR count). The van der Waals surface area contributed by atoms with Crippen LogP contribution in [0, 0.1) is 0 Å². The molecule has 1 aromatic carbocycles. The minimum Gasteiger partial charge on any atom is -0.371 e. The number of ether oxygens (including phenoxy) is 1. The van der Waals surface area contributed by atoms with Crippen LogP contribution in [0.2, 0.25) is 0 Å². The molecule has 2 unspecified atom stereocenters. The van der Waals surface area contributed by atoms with Gasteiger partial charge in [0.25, 0.3) is 0 Å². The van der Waals surface area contributed by atoms with Crippen LogP contribution in [0.1, 0.15) is 43.3 Å². The number of nitrogens with two attached hydrogens (primary N) is 1. The second-order valence-corrected chi connectivity index (χ2v) is 5.23. The van der Waals surface area contributed by atoms with Gasteiger partial charge in [0.1, 0.15) is 12.1 Å². The van der Waals surface area contributed by atoms with Crippen LogP contribution in [-0.4, -0.2) is 34.6 Å². The van der Waals surface area contributed by atoms with Gasteiger partial charge in [-0.2, -0.15) is 4.98 Å². The van der Waals surface area contributed by atoms with Gasteiger partial charge in [-0.1, -0.05) is 35.5 Å². The van der Waals surface area contributed by atoms with E-state index < -0.39 is 6.04 Å². The predicted molar refractivity (Wildman–Crippen MR) is 84.2 cm³/mol. The fraction of sp³-hybridized carbons (Fsp3) is 0.438. The zero-order valence-corrected chi connectivity index (χ0v) is 13.6. The monoisotopic (exact) mass is 318 g/mol. The predicted octanol–water partition coefficient (Wildman–Crippen LogP) is 1.83. The van der Waals surface area contributed by atoms with E-state index in [-0.39, 0.29) is 18.6 Å². The average Bonchev–Trinajstić information content (AvgIpc) is 3.03. The third-order valence-electron chi connectivity index (χ3n) is 3.44. The maximum Gasteiger partial charge on any atom is 0.246 e. The smallest absolute Gasteiger partial charge is 0.246 e. The van der Waals surface area contributed by atoms with Crippen LogP contribution in [-0.2, 0) is 16.1 Å². The topological polar surface area (TPSA) is 94.5 Å². The Bertz CT molecular complexity index is 629. The summed E-state index contributed by atoms with van der Waals surface area (Å²) in [6.07, 6.45) is -0.245. The number of carbonyl (C=O) groups excluding carboxylic acids is 1. The summed E-state index contributed by atoms with van der Waals surface area (Å²) in [5, 5.41) is 3.87. The number of nitrogens with zero attached hydrogens (tertiary/aromatic N) is 3. The first-order valence-electron chi connectivity index (χ1n) is 7.52. The minimum atomic E-state index is -0.717. The molecular formula is C16H22N4O3. The molecule has 1 heterocycles. The minimum absolute atomic E-state index is 0.200. The molecule has 0 fully saturated rings. The number of rotatable bonds is 7. The van der Waals surface area contributed by atoms with Crippen molar-refractivity contribution in [1.82, 2.24) is 15.0 Å². The highest BCUT2D eigenvalue weighted by Crippen LogP contribution is 2.16. The van der Waals surface area contributed by atoms with E-state index in [4.69, 9.17) is 15.0 Å². The molecule has 7 nitrogen and oxygen atoms in total. The van der Waals surface area contributed by atoms with E-state index >= 15 is 0 Å². The fourth-order valence-electron chi connectivity index (χ4n) is 2.14. The molecule has 0 bridgehead atoms. The first-order chi connectivity index (χ1) is 11.0. The Labute approximate surface area is 135 Å². The summed E-state index contributed by atoms with van der Waals surface area (Å²) in [6.45, 7) is 4.51. The van der Waals surface area contributed by atoms with Crippen LogP contribution in [0.25, 0.3) is 0 Å². The lowest BCUT2D eigenvalue weighted by Crippen LogP contribution is -2.35. The molecule has 2 N–H and O–H groups in total. The van der Waals surface area contributed by atoms with Gasteiger partial charge in [-0.25, -0.2) is 0 Å². The molecule has 0 saturated carbocycles. The van der Waals surface area contributed by atoms with Gasteiger partial charge >= 0.3 is 0 Å². The summed E-state index contributed by atoms with van der Waals surface area (Å²) in [5.74, 6) is 0.603. The van der Waals surface area contributed by atoms with Crippen LogP contribution in [0.4, 0.5) is 0 Å². The molecule has 23 heavy (non-hydrogen) atoms. The second kappa shape index (κ2) is 7.85. The normalized spacial score (nSPS) is 13.6. The summed E-state index contributed by atoms with van der Waals surface area (Å²) >= 11 is 0. The van der Waals surface area contributed by atoms with E-state index in [1.807, 2.05) is 44.2 Å². The van der Waals surface area contributed by atoms with Gasteiger partial charge in [0.15, 0.2) is 5.82 Å². The quantitative estimate of drug-likeness (QED) is 0.837. The van der Waals surface area contributed by atoms with Gasteiger partial charge in [0.2, 0.25) is 11.8 Å². The summed E-state index contributed by atoms with van der Waals surface area (Å²) in [5.41, 5.74) is 6.77. The number of aromatic nitrogens is 2. The van der Waals surface area contributed by atoms with Gasteiger partial charge in [-0.3, -0.25) is 4.79 Å². The number of amides is 1. The molecule has 0 spiro atoms. The molecule has 7 heteroatoms. The Kier molecular flexibility index (Phi) is 5.84. The zero-order chi connectivity index (χ0) is 16.8. The van der Waals surface area contributed by atoms with Crippen molar-refractivity contribution in [3.05, 3.63) is 47.6 Å². The van der Waals surface area contributed by atoms with E-state index in [2.05, 4.69) is 10.1 Å². The molecule has 0 aliphatic carbocycles. The van der Waals surface area contributed by atoms with Crippen molar-refractivity contribution in [2.24, 2.45) is 5.73 Å². The van der Waals surface area contributed by atoms with Gasteiger partial charge in [-0.15, -0.1) is 0 Å². The number of benzene rings is 1. The fourth-order valence-corrected chi connectivity index (χ4v) is 2.14. The van der Waals surface area contributed by atoms with E-state index in [1.165, 1.54) is 4.90 Å². The molecule has 2 aromatic rings. The molecule has 0 aliphatic rings. The average molecular weight is 318 g/mol. The first-order valence-corrected chi connectivity index (χ1v) is 7.52. The SMILES string of the molecule is CCOC(C)c1noc(CN(C)C(=O)C(N)c2ccccc2)n1. The lowest BCUT2D eigenvalue weighted by atomic mass is 10.1. The van der Waals surface area contributed by atoms with Crippen molar-refractivity contribution in [2.45, 2.75) is 32.5 Å². The highest BCUT2D eigenvalue weighted by Gasteiger charge is 2.22. The third-order valence-corrected chi connectivity index (χ3v) is 3.44. The van der Waals surface area contributed by atoms with Crippen molar-refractivity contribution >= 4 is 5.91 Å². The van der Waals surface area contributed by atoms with Crippen molar-refractivity contribution in [1.29, 1.82) is 0 Å².